The van der Waals surface area contributed by atoms with E-state index in [9.17, 15) is 4.79 Å². The summed E-state index contributed by atoms with van der Waals surface area (Å²) in [6.07, 6.45) is 1.43. The van der Waals surface area contributed by atoms with Crippen LogP contribution in [0.15, 0.2) is 48.7 Å². The van der Waals surface area contributed by atoms with Crippen molar-refractivity contribution in [2.24, 2.45) is 0 Å². The second kappa shape index (κ2) is 8.66. The maximum Gasteiger partial charge on any atom is 0.281 e. The Hall–Kier alpha value is -2.90. The number of hydrogen-bond donors (Lipinski definition) is 1. The zero-order chi connectivity index (χ0) is 19.2. The highest BCUT2D eigenvalue weighted by atomic mass is 35.5. The fourth-order valence-electron chi connectivity index (χ4n) is 2.10. The van der Waals surface area contributed by atoms with Crippen molar-refractivity contribution in [1.29, 1.82) is 0 Å². The van der Waals surface area contributed by atoms with E-state index in [2.05, 4.69) is 15.4 Å². The molecule has 1 amide bonds. The second-order valence-corrected chi connectivity index (χ2v) is 6.33. The van der Waals surface area contributed by atoms with Crippen molar-refractivity contribution in [1.82, 2.24) is 15.4 Å². The molecule has 140 valence electrons. The Morgan fingerprint density at radius 2 is 1.85 bits per heavy atom. The van der Waals surface area contributed by atoms with E-state index in [1.807, 2.05) is 13.8 Å². The minimum Gasteiger partial charge on any atom is -0.484 e. The topological polar surface area (TPSA) is 82.6 Å². The Morgan fingerprint density at radius 3 is 2.59 bits per heavy atom. The molecule has 0 saturated carbocycles. The number of hydroxylamine groups is 1. The van der Waals surface area contributed by atoms with Crippen molar-refractivity contribution in [3.8, 4) is 17.4 Å². The Balaban J connectivity index is 1.57. The van der Waals surface area contributed by atoms with Crippen LogP contribution in [-0.4, -0.2) is 28.6 Å². The molecular formula is C19H18ClN3O4. The highest BCUT2D eigenvalue weighted by Gasteiger charge is 2.06. The number of nitrogens with one attached hydrogen (secondary N) is 1. The van der Waals surface area contributed by atoms with Gasteiger partial charge < -0.3 is 9.47 Å². The highest BCUT2D eigenvalue weighted by Crippen LogP contribution is 2.24. The van der Waals surface area contributed by atoms with Crippen LogP contribution < -0.4 is 15.0 Å². The Morgan fingerprint density at radius 1 is 1.11 bits per heavy atom. The summed E-state index contributed by atoms with van der Waals surface area (Å²) in [5.74, 6) is 1.10. The van der Waals surface area contributed by atoms with E-state index < -0.39 is 0 Å². The number of halogens is 1. The van der Waals surface area contributed by atoms with Gasteiger partial charge in [-0.15, -0.1) is 0 Å². The molecule has 0 aliphatic heterocycles. The molecular weight excluding hydrogens is 370 g/mol. The van der Waals surface area contributed by atoms with Gasteiger partial charge in [0.25, 0.3) is 5.91 Å². The van der Waals surface area contributed by atoms with Gasteiger partial charge in [0.15, 0.2) is 6.61 Å². The first-order chi connectivity index (χ1) is 13.0. The first kappa shape index (κ1) is 18.9. The number of carbonyl (C=O) groups is 1. The van der Waals surface area contributed by atoms with Crippen molar-refractivity contribution < 1.29 is 19.1 Å². The van der Waals surface area contributed by atoms with Gasteiger partial charge in [-0.25, -0.2) is 15.4 Å². The maximum atomic E-state index is 11.5. The van der Waals surface area contributed by atoms with Crippen LogP contribution in [0.1, 0.15) is 13.8 Å². The average molecular weight is 388 g/mol. The Kier molecular flexibility index (Phi) is 6.05. The Bertz CT molecular complexity index is 932. The number of amides is 1. The molecule has 3 aromatic rings. The van der Waals surface area contributed by atoms with Crippen LogP contribution in [0.2, 0.25) is 5.02 Å². The van der Waals surface area contributed by atoms with E-state index in [0.717, 1.165) is 0 Å². The van der Waals surface area contributed by atoms with E-state index in [1.165, 1.54) is 6.20 Å². The standard InChI is InChI=1S/C19H18ClN3O4/c1-12(2)27-23-18(24)11-25-14-4-6-15(7-5-14)26-19-10-21-17-9-13(20)3-8-16(17)22-19/h3-10,12H,11H2,1-2H3,(H,23,24). The molecule has 3 rings (SSSR count). The van der Waals surface area contributed by atoms with Crippen LogP contribution in [0.25, 0.3) is 11.0 Å². The summed E-state index contributed by atoms with van der Waals surface area (Å²) >= 11 is 5.94. The normalized spacial score (nSPS) is 10.8. The number of aromatic nitrogens is 2. The minimum atomic E-state index is -0.365. The van der Waals surface area contributed by atoms with Crippen LogP contribution in [0, 0.1) is 0 Å². The molecule has 27 heavy (non-hydrogen) atoms. The summed E-state index contributed by atoms with van der Waals surface area (Å²) in [6, 6.07) is 12.1. The summed E-state index contributed by atoms with van der Waals surface area (Å²) in [6.45, 7) is 3.48. The quantitative estimate of drug-likeness (QED) is 0.619. The van der Waals surface area contributed by atoms with Crippen molar-refractivity contribution in [3.05, 3.63) is 53.7 Å². The summed E-state index contributed by atoms with van der Waals surface area (Å²) in [5, 5.41) is 0.602. The number of hydrogen-bond acceptors (Lipinski definition) is 6. The largest absolute Gasteiger partial charge is 0.484 e. The molecule has 0 radical (unpaired) electrons. The van der Waals surface area contributed by atoms with Gasteiger partial charge in [-0.1, -0.05) is 11.6 Å². The molecule has 7 nitrogen and oxygen atoms in total. The van der Waals surface area contributed by atoms with Crippen molar-refractivity contribution in [3.63, 3.8) is 0 Å². The molecule has 0 unspecified atom stereocenters. The maximum absolute atomic E-state index is 11.5. The lowest BCUT2D eigenvalue weighted by molar-refractivity contribution is -0.139. The lowest BCUT2D eigenvalue weighted by Crippen LogP contribution is -2.31. The number of ether oxygens (including phenoxy) is 2. The monoisotopic (exact) mass is 387 g/mol. The third kappa shape index (κ3) is 5.54. The number of rotatable bonds is 7. The highest BCUT2D eigenvalue weighted by molar-refractivity contribution is 6.31. The molecule has 0 atom stereocenters. The number of benzene rings is 2. The molecule has 0 fully saturated rings. The predicted molar refractivity (Wildman–Crippen MR) is 101 cm³/mol. The van der Waals surface area contributed by atoms with E-state index in [0.29, 0.717) is 33.4 Å². The molecule has 1 aromatic heterocycles. The third-order valence-electron chi connectivity index (χ3n) is 3.31. The van der Waals surface area contributed by atoms with Crippen molar-refractivity contribution >= 4 is 28.5 Å². The lowest BCUT2D eigenvalue weighted by atomic mass is 10.3. The Labute approximate surface area is 161 Å². The van der Waals surface area contributed by atoms with Crippen LogP contribution in [-0.2, 0) is 9.63 Å². The SMILES string of the molecule is CC(C)ONC(=O)COc1ccc(Oc2cnc3cc(Cl)ccc3n2)cc1. The number of fused-ring (bicyclic) bond motifs is 1. The molecule has 0 saturated heterocycles. The molecule has 2 aromatic carbocycles. The lowest BCUT2D eigenvalue weighted by Gasteiger charge is -2.10. The molecule has 1 N–H and O–H groups in total. The molecule has 0 bridgehead atoms. The van der Waals surface area contributed by atoms with Gasteiger partial charge in [-0.2, -0.15) is 0 Å². The number of carbonyl (C=O) groups excluding carboxylic acids is 1. The minimum absolute atomic E-state index is 0.0967. The zero-order valence-corrected chi connectivity index (χ0v) is 15.6. The molecule has 1 heterocycles. The van der Waals surface area contributed by atoms with E-state index in [-0.39, 0.29) is 18.6 Å². The molecule has 0 aliphatic rings. The predicted octanol–water partition coefficient (Wildman–Crippen LogP) is 3.91. The molecule has 8 heteroatoms. The average Bonchev–Trinajstić information content (AvgIpc) is 2.66. The van der Waals surface area contributed by atoms with Gasteiger partial charge >= 0.3 is 0 Å². The van der Waals surface area contributed by atoms with Crippen LogP contribution in [0.4, 0.5) is 0 Å². The number of nitrogens with zero attached hydrogens (tertiary/aromatic N) is 2. The smallest absolute Gasteiger partial charge is 0.281 e. The van der Waals surface area contributed by atoms with Gasteiger partial charge in [-0.05, 0) is 56.3 Å². The zero-order valence-electron chi connectivity index (χ0n) is 14.8. The van der Waals surface area contributed by atoms with E-state index in [4.69, 9.17) is 25.9 Å². The van der Waals surface area contributed by atoms with Crippen LogP contribution in [0.3, 0.4) is 0 Å². The van der Waals surface area contributed by atoms with Crippen molar-refractivity contribution in [2.45, 2.75) is 20.0 Å². The van der Waals surface area contributed by atoms with E-state index in [1.54, 1.807) is 42.5 Å². The second-order valence-electron chi connectivity index (χ2n) is 5.90. The molecule has 0 aliphatic carbocycles. The first-order valence-electron chi connectivity index (χ1n) is 8.27. The van der Waals surface area contributed by atoms with Gasteiger partial charge in [0, 0.05) is 5.02 Å². The first-order valence-corrected chi connectivity index (χ1v) is 8.65. The van der Waals surface area contributed by atoms with Gasteiger partial charge in [0.05, 0.1) is 23.3 Å². The summed E-state index contributed by atoms with van der Waals surface area (Å²) in [5.41, 5.74) is 3.68. The third-order valence-corrected chi connectivity index (χ3v) is 3.54. The van der Waals surface area contributed by atoms with Crippen LogP contribution >= 0.6 is 11.6 Å². The van der Waals surface area contributed by atoms with Gasteiger partial charge in [-0.3, -0.25) is 9.63 Å². The van der Waals surface area contributed by atoms with Crippen molar-refractivity contribution in [2.75, 3.05) is 6.61 Å². The van der Waals surface area contributed by atoms with E-state index >= 15 is 0 Å². The van der Waals surface area contributed by atoms with Gasteiger partial charge in [0.1, 0.15) is 11.5 Å². The van der Waals surface area contributed by atoms with Gasteiger partial charge in [0.2, 0.25) is 5.88 Å². The fourth-order valence-corrected chi connectivity index (χ4v) is 2.27. The summed E-state index contributed by atoms with van der Waals surface area (Å²) in [7, 11) is 0. The van der Waals surface area contributed by atoms with Crippen LogP contribution in [0.5, 0.6) is 17.4 Å². The fraction of sp³-hybridized carbons (Fsp3) is 0.211. The summed E-state index contributed by atoms with van der Waals surface area (Å²) in [4.78, 5) is 25.2. The molecule has 0 spiro atoms. The summed E-state index contributed by atoms with van der Waals surface area (Å²) < 4.78 is 11.1.